The molecule has 1 fully saturated rings. The van der Waals surface area contributed by atoms with Gasteiger partial charge in [-0.15, -0.1) is 0 Å². The third-order valence-electron chi connectivity index (χ3n) is 4.27. The van der Waals surface area contributed by atoms with Crippen LogP contribution < -0.4 is 4.72 Å². The molecule has 0 aromatic heterocycles. The Hall–Kier alpha value is -0.940. The normalized spacial score (nSPS) is 23.8. The highest BCUT2D eigenvalue weighted by Crippen LogP contribution is 2.26. The second-order valence-electron chi connectivity index (χ2n) is 6.30. The van der Waals surface area contributed by atoms with E-state index < -0.39 is 15.8 Å². The molecule has 0 radical (unpaired) electrons. The molecule has 1 aromatic carbocycles. The van der Waals surface area contributed by atoms with Gasteiger partial charge < -0.3 is 0 Å². The summed E-state index contributed by atoms with van der Waals surface area (Å²) in [7, 11) is -3.59. The third kappa shape index (κ3) is 4.04. The van der Waals surface area contributed by atoms with Crippen LogP contribution in [0.25, 0.3) is 0 Å². The summed E-state index contributed by atoms with van der Waals surface area (Å²) in [6, 6.07) is 2.54. The monoisotopic (exact) mass is 313 g/mol. The quantitative estimate of drug-likeness (QED) is 0.865. The van der Waals surface area contributed by atoms with Crippen LogP contribution in [0.1, 0.15) is 50.2 Å². The molecule has 1 saturated carbocycles. The van der Waals surface area contributed by atoms with Crippen molar-refractivity contribution in [1.82, 2.24) is 4.72 Å². The predicted molar refractivity (Wildman–Crippen MR) is 82.2 cm³/mol. The predicted octanol–water partition coefficient (Wildman–Crippen LogP) is 3.69. The molecule has 0 heterocycles. The summed E-state index contributed by atoms with van der Waals surface area (Å²) in [6.07, 6.45) is 5.01. The fourth-order valence-corrected chi connectivity index (χ4v) is 4.96. The molecule has 118 valence electrons. The Morgan fingerprint density at radius 2 is 1.71 bits per heavy atom. The van der Waals surface area contributed by atoms with Gasteiger partial charge in [-0.05, 0) is 62.3 Å². The first-order valence-electron chi connectivity index (χ1n) is 7.58. The number of nitrogens with one attached hydrogen (secondary N) is 1. The summed E-state index contributed by atoms with van der Waals surface area (Å²) in [5.74, 6) is 0.265. The third-order valence-corrected chi connectivity index (χ3v) is 6.10. The molecule has 2 atom stereocenters. The molecule has 1 aliphatic carbocycles. The van der Waals surface area contributed by atoms with Crippen LogP contribution in [-0.4, -0.2) is 14.5 Å². The van der Waals surface area contributed by atoms with Crippen LogP contribution in [0.15, 0.2) is 17.0 Å². The lowest BCUT2D eigenvalue weighted by Crippen LogP contribution is -2.35. The number of hydrogen-bond donors (Lipinski definition) is 1. The number of hydrogen-bond acceptors (Lipinski definition) is 2. The van der Waals surface area contributed by atoms with Crippen molar-refractivity contribution in [3.05, 3.63) is 29.1 Å². The molecule has 2 unspecified atom stereocenters. The van der Waals surface area contributed by atoms with Gasteiger partial charge in [0.05, 0.1) is 4.90 Å². The number of halogens is 1. The molecular weight excluding hydrogens is 289 g/mol. The Morgan fingerprint density at radius 1 is 1.10 bits per heavy atom. The van der Waals surface area contributed by atoms with Crippen molar-refractivity contribution in [1.29, 1.82) is 0 Å². The molecule has 3 nitrogen and oxygen atoms in total. The smallest absolute Gasteiger partial charge is 0.208 e. The standard InChI is InChI=1S/C16H24FNO2S/c1-11-5-4-6-15(8-7-11)18-21(19,20)16-12(2)9-14(17)10-13(16)3/h9-11,15,18H,4-8H2,1-3H3. The van der Waals surface area contributed by atoms with Crippen LogP contribution in [0.2, 0.25) is 0 Å². The molecule has 1 aromatic rings. The van der Waals surface area contributed by atoms with Crippen LogP contribution in [-0.2, 0) is 10.0 Å². The van der Waals surface area contributed by atoms with Crippen LogP contribution in [0, 0.1) is 25.6 Å². The van der Waals surface area contributed by atoms with Crippen molar-refractivity contribution in [2.45, 2.75) is 63.8 Å². The van der Waals surface area contributed by atoms with Gasteiger partial charge in [-0.3, -0.25) is 0 Å². The van der Waals surface area contributed by atoms with Crippen molar-refractivity contribution < 1.29 is 12.8 Å². The van der Waals surface area contributed by atoms with Crippen molar-refractivity contribution in [3.63, 3.8) is 0 Å². The molecule has 1 aliphatic rings. The van der Waals surface area contributed by atoms with E-state index in [1.807, 2.05) is 0 Å². The average Bonchev–Trinajstić information content (AvgIpc) is 2.52. The highest BCUT2D eigenvalue weighted by Gasteiger charge is 2.25. The van der Waals surface area contributed by atoms with E-state index in [-0.39, 0.29) is 10.9 Å². The van der Waals surface area contributed by atoms with E-state index in [0.29, 0.717) is 17.0 Å². The van der Waals surface area contributed by atoms with Crippen molar-refractivity contribution in [2.24, 2.45) is 5.92 Å². The molecule has 0 spiro atoms. The summed E-state index contributed by atoms with van der Waals surface area (Å²) in [5.41, 5.74) is 0.920. The maximum Gasteiger partial charge on any atom is 0.241 e. The zero-order valence-corrected chi connectivity index (χ0v) is 13.8. The SMILES string of the molecule is Cc1cc(F)cc(C)c1S(=O)(=O)NC1CCCC(C)CC1. The van der Waals surface area contributed by atoms with E-state index in [1.54, 1.807) is 13.8 Å². The van der Waals surface area contributed by atoms with E-state index in [1.165, 1.54) is 12.1 Å². The van der Waals surface area contributed by atoms with Crippen molar-refractivity contribution in [3.8, 4) is 0 Å². The highest BCUT2D eigenvalue weighted by atomic mass is 32.2. The van der Waals surface area contributed by atoms with Gasteiger partial charge in [0.2, 0.25) is 10.0 Å². The van der Waals surface area contributed by atoms with E-state index in [4.69, 9.17) is 0 Å². The molecule has 2 rings (SSSR count). The molecule has 1 N–H and O–H groups in total. The minimum absolute atomic E-state index is 0.0104. The second-order valence-corrected chi connectivity index (χ2v) is 7.95. The van der Waals surface area contributed by atoms with E-state index in [0.717, 1.165) is 32.1 Å². The first-order valence-corrected chi connectivity index (χ1v) is 9.07. The number of sulfonamides is 1. The molecule has 0 amide bonds. The summed E-state index contributed by atoms with van der Waals surface area (Å²) < 4.78 is 41.4. The van der Waals surface area contributed by atoms with Gasteiger partial charge in [-0.25, -0.2) is 17.5 Å². The van der Waals surface area contributed by atoms with Crippen LogP contribution >= 0.6 is 0 Å². The van der Waals surface area contributed by atoms with Gasteiger partial charge in [-0.1, -0.05) is 19.8 Å². The van der Waals surface area contributed by atoms with Gasteiger partial charge in [0.15, 0.2) is 0 Å². The molecule has 5 heteroatoms. The van der Waals surface area contributed by atoms with Gasteiger partial charge in [-0.2, -0.15) is 0 Å². The minimum atomic E-state index is -3.59. The lowest BCUT2D eigenvalue weighted by Gasteiger charge is -2.19. The second kappa shape index (κ2) is 6.44. The van der Waals surface area contributed by atoms with Crippen molar-refractivity contribution >= 4 is 10.0 Å². The number of aryl methyl sites for hydroxylation is 2. The fourth-order valence-electron chi connectivity index (χ4n) is 3.20. The average molecular weight is 313 g/mol. The van der Waals surface area contributed by atoms with Crippen LogP contribution in [0.4, 0.5) is 4.39 Å². The first kappa shape index (κ1) is 16.4. The topological polar surface area (TPSA) is 46.2 Å². The summed E-state index contributed by atoms with van der Waals surface area (Å²) >= 11 is 0. The van der Waals surface area contributed by atoms with E-state index >= 15 is 0 Å². The van der Waals surface area contributed by atoms with Crippen LogP contribution in [0.3, 0.4) is 0 Å². The van der Waals surface area contributed by atoms with Gasteiger partial charge in [0.1, 0.15) is 5.82 Å². The molecular formula is C16H24FNO2S. The Labute approximate surface area is 127 Å². The Balaban J connectivity index is 2.23. The van der Waals surface area contributed by atoms with Gasteiger partial charge in [0.25, 0.3) is 0 Å². The molecule has 0 saturated heterocycles. The van der Waals surface area contributed by atoms with Gasteiger partial charge >= 0.3 is 0 Å². The van der Waals surface area contributed by atoms with Crippen molar-refractivity contribution in [2.75, 3.05) is 0 Å². The lowest BCUT2D eigenvalue weighted by molar-refractivity contribution is 0.484. The first-order chi connectivity index (χ1) is 9.79. The molecule has 0 aliphatic heterocycles. The number of benzene rings is 1. The van der Waals surface area contributed by atoms with Crippen LogP contribution in [0.5, 0.6) is 0 Å². The molecule has 0 bridgehead atoms. The summed E-state index contributed by atoms with van der Waals surface area (Å²) in [4.78, 5) is 0.223. The fraction of sp³-hybridized carbons (Fsp3) is 0.625. The van der Waals surface area contributed by atoms with Gasteiger partial charge in [0, 0.05) is 6.04 Å². The molecule has 21 heavy (non-hydrogen) atoms. The highest BCUT2D eigenvalue weighted by molar-refractivity contribution is 7.89. The minimum Gasteiger partial charge on any atom is -0.208 e. The Bertz CT molecular complexity index is 590. The lowest BCUT2D eigenvalue weighted by atomic mass is 10.0. The largest absolute Gasteiger partial charge is 0.241 e. The zero-order chi connectivity index (χ0) is 15.6. The Morgan fingerprint density at radius 3 is 2.33 bits per heavy atom. The Kier molecular flexibility index (Phi) is 5.04. The summed E-state index contributed by atoms with van der Waals surface area (Å²) in [6.45, 7) is 5.49. The van der Waals surface area contributed by atoms with E-state index in [2.05, 4.69) is 11.6 Å². The number of rotatable bonds is 3. The summed E-state index contributed by atoms with van der Waals surface area (Å²) in [5, 5.41) is 0. The zero-order valence-electron chi connectivity index (χ0n) is 12.9. The van der Waals surface area contributed by atoms with E-state index in [9.17, 15) is 12.8 Å². The maximum absolute atomic E-state index is 13.3. The maximum atomic E-state index is 13.3.